The molecule has 35 heavy (non-hydrogen) atoms. The number of piperidine rings is 1. The van der Waals surface area contributed by atoms with Crippen molar-refractivity contribution in [2.24, 2.45) is 13.0 Å². The van der Waals surface area contributed by atoms with Gasteiger partial charge >= 0.3 is 6.03 Å². The summed E-state index contributed by atoms with van der Waals surface area (Å²) >= 11 is 0. The number of hydrogen-bond acceptors (Lipinski definition) is 5. The highest BCUT2D eigenvalue weighted by atomic mass is 19.1. The lowest BCUT2D eigenvalue weighted by molar-refractivity contribution is -0.133. The van der Waals surface area contributed by atoms with Gasteiger partial charge in [0.1, 0.15) is 5.82 Å². The smallest absolute Gasteiger partial charge is 0.319 e. The predicted molar refractivity (Wildman–Crippen MR) is 130 cm³/mol. The zero-order valence-corrected chi connectivity index (χ0v) is 19.9. The van der Waals surface area contributed by atoms with E-state index in [9.17, 15) is 14.0 Å². The van der Waals surface area contributed by atoms with Crippen molar-refractivity contribution >= 4 is 17.6 Å². The van der Waals surface area contributed by atoms with Crippen LogP contribution < -0.4 is 10.6 Å². The van der Waals surface area contributed by atoms with Crippen molar-refractivity contribution < 1.29 is 14.0 Å². The van der Waals surface area contributed by atoms with E-state index < -0.39 is 0 Å². The fraction of sp³-hybridized carbons (Fsp3) is 0.400. The number of carbonyl (C=O) groups excluding carboxylic acids is 2. The Kier molecular flexibility index (Phi) is 7.69. The Bertz CT molecular complexity index is 1160. The van der Waals surface area contributed by atoms with Gasteiger partial charge in [-0.1, -0.05) is 24.3 Å². The normalized spacial score (nSPS) is 16.5. The number of aryl methyl sites for hydroxylation is 1. The van der Waals surface area contributed by atoms with Crippen molar-refractivity contribution in [2.45, 2.75) is 38.6 Å². The summed E-state index contributed by atoms with van der Waals surface area (Å²) in [6, 6.07) is 13.1. The molecular weight excluding hydrogens is 449 g/mol. The highest BCUT2D eigenvalue weighted by Crippen LogP contribution is 2.22. The zero-order valence-electron chi connectivity index (χ0n) is 19.9. The van der Waals surface area contributed by atoms with Gasteiger partial charge in [0.15, 0.2) is 5.82 Å². The van der Waals surface area contributed by atoms with Crippen LogP contribution in [0.2, 0.25) is 0 Å². The van der Waals surface area contributed by atoms with E-state index >= 15 is 0 Å². The summed E-state index contributed by atoms with van der Waals surface area (Å²) in [4.78, 5) is 27.3. The zero-order chi connectivity index (χ0) is 24.8. The van der Waals surface area contributed by atoms with Crippen LogP contribution in [0.1, 0.15) is 31.7 Å². The molecule has 0 aliphatic carbocycles. The van der Waals surface area contributed by atoms with E-state index in [4.69, 9.17) is 0 Å². The number of nitrogens with zero attached hydrogens (tertiary/aromatic N) is 5. The molecule has 2 atom stereocenters. The van der Waals surface area contributed by atoms with Crippen LogP contribution in [0.25, 0.3) is 11.4 Å². The first-order chi connectivity index (χ1) is 16.9. The number of amides is 3. The number of hydrogen-bond donors (Lipinski definition) is 2. The third-order valence-electron chi connectivity index (χ3n) is 6.17. The second-order valence-corrected chi connectivity index (χ2v) is 9.09. The molecule has 0 unspecified atom stereocenters. The lowest BCUT2D eigenvalue weighted by Gasteiger charge is -2.33. The number of tetrazole rings is 1. The molecule has 0 saturated carbocycles. The third-order valence-corrected chi connectivity index (χ3v) is 6.17. The summed E-state index contributed by atoms with van der Waals surface area (Å²) in [6.07, 6.45) is 3.03. The van der Waals surface area contributed by atoms with Gasteiger partial charge in [0.25, 0.3) is 0 Å². The monoisotopic (exact) mass is 479 g/mol. The highest BCUT2D eigenvalue weighted by molar-refractivity contribution is 5.90. The van der Waals surface area contributed by atoms with Crippen LogP contribution in [0, 0.1) is 11.7 Å². The largest absolute Gasteiger partial charge is 0.342 e. The second kappa shape index (κ2) is 11.1. The standard InChI is InChI=1S/C25H30FN7O2/c1-17(27-25(35)28-22-7-3-6-20(15-22)24-29-30-31-32(24)2)13-23(34)33-12-4-5-19(16-33)14-18-8-10-21(26)11-9-18/h3,6-11,15,17,19H,4-5,12-14,16H2,1-2H3,(H2,27,28,35)/t17-,19+/m1/s1. The molecule has 10 heteroatoms. The minimum Gasteiger partial charge on any atom is -0.342 e. The highest BCUT2D eigenvalue weighted by Gasteiger charge is 2.25. The maximum Gasteiger partial charge on any atom is 0.319 e. The van der Waals surface area contributed by atoms with E-state index in [1.165, 1.54) is 12.1 Å². The summed E-state index contributed by atoms with van der Waals surface area (Å²) in [5.74, 6) is 0.724. The Balaban J connectivity index is 1.26. The predicted octanol–water partition coefficient (Wildman–Crippen LogP) is 3.40. The number of urea groups is 1. The molecule has 1 aromatic heterocycles. The molecular formula is C25H30FN7O2. The van der Waals surface area contributed by atoms with Gasteiger partial charge in [0, 0.05) is 43.9 Å². The summed E-state index contributed by atoms with van der Waals surface area (Å²) in [7, 11) is 1.74. The van der Waals surface area contributed by atoms with Crippen molar-refractivity contribution in [3.05, 3.63) is 59.9 Å². The molecule has 3 amide bonds. The van der Waals surface area contributed by atoms with Crippen molar-refractivity contribution in [2.75, 3.05) is 18.4 Å². The second-order valence-electron chi connectivity index (χ2n) is 9.09. The molecule has 2 aromatic carbocycles. The number of halogens is 1. The maximum atomic E-state index is 13.2. The number of carbonyl (C=O) groups is 2. The fourth-order valence-corrected chi connectivity index (χ4v) is 4.46. The van der Waals surface area contributed by atoms with Gasteiger partial charge in [-0.3, -0.25) is 4.79 Å². The van der Waals surface area contributed by atoms with Crippen LogP contribution >= 0.6 is 0 Å². The van der Waals surface area contributed by atoms with Gasteiger partial charge in [-0.15, -0.1) is 5.10 Å². The summed E-state index contributed by atoms with van der Waals surface area (Å²) < 4.78 is 14.7. The van der Waals surface area contributed by atoms with Gasteiger partial charge in [-0.05, 0) is 72.4 Å². The Hall–Kier alpha value is -3.82. The fourth-order valence-electron chi connectivity index (χ4n) is 4.46. The Morgan fingerprint density at radius 1 is 1.20 bits per heavy atom. The molecule has 1 fully saturated rings. The van der Waals surface area contributed by atoms with Crippen LogP contribution in [-0.4, -0.2) is 56.2 Å². The van der Waals surface area contributed by atoms with E-state index in [0.29, 0.717) is 24.0 Å². The lowest BCUT2D eigenvalue weighted by Crippen LogP contribution is -2.44. The summed E-state index contributed by atoms with van der Waals surface area (Å²) in [5, 5.41) is 17.1. The molecule has 1 aliphatic heterocycles. The van der Waals surface area contributed by atoms with Crippen LogP contribution in [0.4, 0.5) is 14.9 Å². The van der Waals surface area contributed by atoms with Gasteiger partial charge in [0.2, 0.25) is 5.91 Å². The van der Waals surface area contributed by atoms with Crippen molar-refractivity contribution in [3.63, 3.8) is 0 Å². The minimum absolute atomic E-state index is 0.0263. The number of likely N-dealkylation sites (tertiary alicyclic amines) is 1. The van der Waals surface area contributed by atoms with E-state index in [1.54, 1.807) is 36.0 Å². The SMILES string of the molecule is C[C@H](CC(=O)N1CCC[C@@H](Cc2ccc(F)cc2)C1)NC(=O)Nc1cccc(-c2nnnn2C)c1. The lowest BCUT2D eigenvalue weighted by atomic mass is 9.91. The van der Waals surface area contributed by atoms with Crippen LogP contribution in [0.5, 0.6) is 0 Å². The first kappa shape index (κ1) is 24.3. The average molecular weight is 480 g/mol. The van der Waals surface area contributed by atoms with Crippen molar-refractivity contribution in [3.8, 4) is 11.4 Å². The van der Waals surface area contributed by atoms with Gasteiger partial charge in [-0.2, -0.15) is 0 Å². The molecule has 2 heterocycles. The first-order valence-electron chi connectivity index (χ1n) is 11.8. The molecule has 3 aromatic rings. The number of rotatable bonds is 7. The van der Waals surface area contributed by atoms with Crippen molar-refractivity contribution in [1.82, 2.24) is 30.4 Å². The van der Waals surface area contributed by atoms with Crippen LogP contribution in [0.15, 0.2) is 48.5 Å². The Morgan fingerprint density at radius 2 is 2.00 bits per heavy atom. The van der Waals surface area contributed by atoms with E-state index in [2.05, 4.69) is 26.2 Å². The number of nitrogens with one attached hydrogen (secondary N) is 2. The van der Waals surface area contributed by atoms with Gasteiger partial charge < -0.3 is 15.5 Å². The molecule has 0 spiro atoms. The quantitative estimate of drug-likeness (QED) is 0.540. The molecule has 0 bridgehead atoms. The molecule has 0 radical (unpaired) electrons. The van der Waals surface area contributed by atoms with E-state index in [0.717, 1.165) is 36.9 Å². The molecule has 4 rings (SSSR count). The van der Waals surface area contributed by atoms with Gasteiger partial charge in [0.05, 0.1) is 0 Å². The average Bonchev–Trinajstić information content (AvgIpc) is 3.26. The number of anilines is 1. The Morgan fingerprint density at radius 3 is 2.74 bits per heavy atom. The maximum absolute atomic E-state index is 13.2. The summed E-state index contributed by atoms with van der Waals surface area (Å²) in [5.41, 5.74) is 2.46. The Labute approximate surface area is 203 Å². The summed E-state index contributed by atoms with van der Waals surface area (Å²) in [6.45, 7) is 3.22. The first-order valence-corrected chi connectivity index (χ1v) is 11.8. The topological polar surface area (TPSA) is 105 Å². The minimum atomic E-state index is -0.383. The number of aromatic nitrogens is 4. The van der Waals surface area contributed by atoms with E-state index in [1.807, 2.05) is 24.0 Å². The van der Waals surface area contributed by atoms with Crippen LogP contribution in [0.3, 0.4) is 0 Å². The van der Waals surface area contributed by atoms with Gasteiger partial charge in [-0.25, -0.2) is 13.9 Å². The van der Waals surface area contributed by atoms with Crippen molar-refractivity contribution in [1.29, 1.82) is 0 Å². The number of benzene rings is 2. The molecule has 1 saturated heterocycles. The van der Waals surface area contributed by atoms with Crippen LogP contribution in [-0.2, 0) is 18.3 Å². The molecule has 184 valence electrons. The molecule has 2 N–H and O–H groups in total. The third kappa shape index (κ3) is 6.62. The molecule has 1 aliphatic rings. The van der Waals surface area contributed by atoms with E-state index in [-0.39, 0.29) is 30.2 Å². The molecule has 9 nitrogen and oxygen atoms in total.